The van der Waals surface area contributed by atoms with Crippen LogP contribution in [0, 0.1) is 0 Å². The Morgan fingerprint density at radius 3 is 2.89 bits per heavy atom. The molecule has 1 saturated heterocycles. The van der Waals surface area contributed by atoms with E-state index < -0.39 is 0 Å². The molecule has 0 aliphatic carbocycles. The van der Waals surface area contributed by atoms with Crippen molar-refractivity contribution >= 4 is 29.3 Å². The average molecular weight is 299 g/mol. The predicted molar refractivity (Wildman–Crippen MR) is 80.8 cm³/mol. The first kappa shape index (κ1) is 14.7. The molecule has 0 radical (unpaired) electrons. The molecule has 3 nitrogen and oxygen atoms in total. The highest BCUT2D eigenvalue weighted by Gasteiger charge is 2.14. The normalized spacial score (nSPS) is 19.1. The van der Waals surface area contributed by atoms with Crippen molar-refractivity contribution in [3.05, 3.63) is 29.3 Å². The largest absolute Gasteiger partial charge is 0.352 e. The van der Waals surface area contributed by atoms with Gasteiger partial charge in [0.25, 0.3) is 0 Å². The monoisotopic (exact) mass is 298 g/mol. The number of amides is 1. The van der Waals surface area contributed by atoms with Gasteiger partial charge in [-0.05, 0) is 43.7 Å². The third kappa shape index (κ3) is 5.43. The number of carbonyl (C=O) groups is 1. The van der Waals surface area contributed by atoms with Crippen molar-refractivity contribution in [3.63, 3.8) is 0 Å². The van der Waals surface area contributed by atoms with Crippen LogP contribution in [0.3, 0.4) is 0 Å². The van der Waals surface area contributed by atoms with Gasteiger partial charge < -0.3 is 10.6 Å². The van der Waals surface area contributed by atoms with Gasteiger partial charge in [-0.1, -0.05) is 11.6 Å². The zero-order valence-corrected chi connectivity index (χ0v) is 12.4. The topological polar surface area (TPSA) is 41.1 Å². The number of thioether (sulfide) groups is 1. The van der Waals surface area contributed by atoms with E-state index in [1.165, 1.54) is 0 Å². The van der Waals surface area contributed by atoms with Gasteiger partial charge in [0.15, 0.2) is 0 Å². The van der Waals surface area contributed by atoms with Crippen LogP contribution >= 0.6 is 23.4 Å². The van der Waals surface area contributed by atoms with Gasteiger partial charge in [0.05, 0.1) is 0 Å². The molecule has 1 fully saturated rings. The zero-order valence-electron chi connectivity index (χ0n) is 10.8. The average Bonchev–Trinajstić information content (AvgIpc) is 2.42. The SMILES string of the molecule is O=C(CCSc1ccc(Cl)cc1)NC1CCCNC1. The molecule has 5 heteroatoms. The van der Waals surface area contributed by atoms with Crippen LogP contribution in [0.25, 0.3) is 0 Å². The maximum atomic E-state index is 11.8. The van der Waals surface area contributed by atoms with Gasteiger partial charge in [-0.25, -0.2) is 0 Å². The lowest BCUT2D eigenvalue weighted by Gasteiger charge is -2.23. The fourth-order valence-electron chi connectivity index (χ4n) is 2.07. The first-order valence-corrected chi connectivity index (χ1v) is 7.99. The molecule has 0 saturated carbocycles. The molecule has 2 rings (SSSR count). The van der Waals surface area contributed by atoms with Crippen LogP contribution in [0.2, 0.25) is 5.02 Å². The summed E-state index contributed by atoms with van der Waals surface area (Å²) in [5.41, 5.74) is 0. The summed E-state index contributed by atoms with van der Waals surface area (Å²) < 4.78 is 0. The third-order valence-electron chi connectivity index (χ3n) is 3.07. The van der Waals surface area contributed by atoms with Gasteiger partial charge >= 0.3 is 0 Å². The highest BCUT2D eigenvalue weighted by molar-refractivity contribution is 7.99. The van der Waals surface area contributed by atoms with Gasteiger partial charge in [-0.3, -0.25) is 4.79 Å². The second-order valence-corrected chi connectivity index (χ2v) is 6.27. The minimum atomic E-state index is 0.148. The highest BCUT2D eigenvalue weighted by atomic mass is 35.5. The van der Waals surface area contributed by atoms with E-state index in [0.29, 0.717) is 12.5 Å². The summed E-state index contributed by atoms with van der Waals surface area (Å²) in [7, 11) is 0. The summed E-state index contributed by atoms with van der Waals surface area (Å²) in [5.74, 6) is 0.948. The van der Waals surface area contributed by atoms with E-state index in [-0.39, 0.29) is 5.91 Å². The van der Waals surface area contributed by atoms with Crippen LogP contribution in [0.5, 0.6) is 0 Å². The first-order chi connectivity index (χ1) is 9.24. The fourth-order valence-corrected chi connectivity index (χ4v) is 3.04. The molecular weight excluding hydrogens is 280 g/mol. The van der Waals surface area contributed by atoms with Gasteiger partial charge in [0.2, 0.25) is 5.91 Å². The Labute approximate surface area is 123 Å². The van der Waals surface area contributed by atoms with E-state index >= 15 is 0 Å². The van der Waals surface area contributed by atoms with Crippen molar-refractivity contribution in [2.24, 2.45) is 0 Å². The summed E-state index contributed by atoms with van der Waals surface area (Å²) in [6, 6.07) is 8.02. The molecule has 1 atom stereocenters. The quantitative estimate of drug-likeness (QED) is 0.821. The van der Waals surface area contributed by atoms with Crippen LogP contribution in [0.15, 0.2) is 29.2 Å². The Morgan fingerprint density at radius 1 is 1.42 bits per heavy atom. The van der Waals surface area contributed by atoms with Gasteiger partial charge in [-0.15, -0.1) is 11.8 Å². The summed E-state index contributed by atoms with van der Waals surface area (Å²) in [4.78, 5) is 12.9. The number of carbonyl (C=O) groups excluding carboxylic acids is 1. The van der Waals surface area contributed by atoms with Crippen molar-refractivity contribution in [2.75, 3.05) is 18.8 Å². The molecule has 1 amide bonds. The van der Waals surface area contributed by atoms with E-state index in [1.807, 2.05) is 24.3 Å². The van der Waals surface area contributed by atoms with Crippen molar-refractivity contribution in [2.45, 2.75) is 30.2 Å². The zero-order chi connectivity index (χ0) is 13.5. The molecule has 0 bridgehead atoms. The second-order valence-electron chi connectivity index (χ2n) is 4.66. The Bertz CT molecular complexity index is 404. The van der Waals surface area contributed by atoms with Crippen LogP contribution in [0.4, 0.5) is 0 Å². The predicted octanol–water partition coefficient (Wildman–Crippen LogP) is 2.69. The number of benzene rings is 1. The molecule has 1 aliphatic rings. The highest BCUT2D eigenvalue weighted by Crippen LogP contribution is 2.20. The van der Waals surface area contributed by atoms with Crippen LogP contribution in [-0.4, -0.2) is 30.8 Å². The summed E-state index contributed by atoms with van der Waals surface area (Å²) >= 11 is 7.51. The van der Waals surface area contributed by atoms with Crippen LogP contribution in [0.1, 0.15) is 19.3 Å². The third-order valence-corrected chi connectivity index (χ3v) is 4.34. The number of nitrogens with one attached hydrogen (secondary N) is 2. The summed E-state index contributed by atoms with van der Waals surface area (Å²) in [5, 5.41) is 7.12. The van der Waals surface area contributed by atoms with Crippen molar-refractivity contribution in [3.8, 4) is 0 Å². The number of hydrogen-bond donors (Lipinski definition) is 2. The van der Waals surface area contributed by atoms with Crippen molar-refractivity contribution < 1.29 is 4.79 Å². The van der Waals surface area contributed by atoms with E-state index in [9.17, 15) is 4.79 Å². The summed E-state index contributed by atoms with van der Waals surface area (Å²) in [6.07, 6.45) is 2.79. The number of piperidine rings is 1. The second kappa shape index (κ2) is 7.78. The maximum absolute atomic E-state index is 11.8. The number of hydrogen-bond acceptors (Lipinski definition) is 3. The van der Waals surface area contributed by atoms with E-state index in [0.717, 1.165) is 41.6 Å². The number of rotatable bonds is 5. The van der Waals surface area contributed by atoms with E-state index in [2.05, 4.69) is 10.6 Å². The Kier molecular flexibility index (Phi) is 6.01. The lowest BCUT2D eigenvalue weighted by molar-refractivity contribution is -0.121. The molecule has 1 aromatic carbocycles. The van der Waals surface area contributed by atoms with E-state index in [4.69, 9.17) is 11.6 Å². The number of halogens is 1. The molecule has 2 N–H and O–H groups in total. The van der Waals surface area contributed by atoms with Crippen molar-refractivity contribution in [1.82, 2.24) is 10.6 Å². The molecule has 104 valence electrons. The van der Waals surface area contributed by atoms with Gasteiger partial charge in [0.1, 0.15) is 0 Å². The Balaban J connectivity index is 1.64. The van der Waals surface area contributed by atoms with Crippen molar-refractivity contribution in [1.29, 1.82) is 0 Å². The Morgan fingerprint density at radius 2 is 2.21 bits per heavy atom. The molecule has 19 heavy (non-hydrogen) atoms. The van der Waals surface area contributed by atoms with Crippen LogP contribution in [-0.2, 0) is 4.79 Å². The lowest BCUT2D eigenvalue weighted by Crippen LogP contribution is -2.45. The fraction of sp³-hybridized carbons (Fsp3) is 0.500. The minimum Gasteiger partial charge on any atom is -0.352 e. The molecule has 0 aromatic heterocycles. The first-order valence-electron chi connectivity index (χ1n) is 6.62. The molecule has 1 aliphatic heterocycles. The molecular formula is C14H19ClN2OS. The standard InChI is InChI=1S/C14H19ClN2OS/c15-11-3-5-13(6-4-11)19-9-7-14(18)17-12-2-1-8-16-10-12/h3-6,12,16H,1-2,7-10H2,(H,17,18). The molecule has 1 heterocycles. The molecule has 1 aromatic rings. The lowest BCUT2D eigenvalue weighted by atomic mass is 10.1. The minimum absolute atomic E-state index is 0.148. The Hall–Kier alpha value is -0.710. The van der Waals surface area contributed by atoms with Gasteiger partial charge in [-0.2, -0.15) is 0 Å². The van der Waals surface area contributed by atoms with E-state index in [1.54, 1.807) is 11.8 Å². The van der Waals surface area contributed by atoms with Crippen LogP contribution < -0.4 is 10.6 Å². The maximum Gasteiger partial charge on any atom is 0.221 e. The smallest absolute Gasteiger partial charge is 0.221 e. The molecule has 0 spiro atoms. The van der Waals surface area contributed by atoms with Gasteiger partial charge in [0, 0.05) is 34.7 Å². The summed E-state index contributed by atoms with van der Waals surface area (Å²) in [6.45, 7) is 1.97. The molecule has 1 unspecified atom stereocenters.